The van der Waals surface area contributed by atoms with Gasteiger partial charge in [-0.3, -0.25) is 9.89 Å². The van der Waals surface area contributed by atoms with Gasteiger partial charge in [-0.1, -0.05) is 30.3 Å². The summed E-state index contributed by atoms with van der Waals surface area (Å²) in [7, 11) is 0. The summed E-state index contributed by atoms with van der Waals surface area (Å²) in [5, 5.41) is 9.05. The molecule has 1 amide bonds. The molecule has 14 heavy (non-hydrogen) atoms. The van der Waals surface area contributed by atoms with Crippen LogP contribution in [0.25, 0.3) is 11.3 Å². The highest BCUT2D eigenvalue weighted by atomic mass is 16.1. The van der Waals surface area contributed by atoms with E-state index in [0.29, 0.717) is 5.82 Å². The molecule has 0 spiro atoms. The van der Waals surface area contributed by atoms with Crippen molar-refractivity contribution in [2.24, 2.45) is 0 Å². The number of anilines is 1. The van der Waals surface area contributed by atoms with E-state index in [4.69, 9.17) is 0 Å². The predicted molar refractivity (Wildman–Crippen MR) is 53.3 cm³/mol. The average Bonchev–Trinajstić information content (AvgIpc) is 2.68. The Labute approximate surface area is 81.0 Å². The molecule has 4 heteroatoms. The molecule has 0 bridgehead atoms. The lowest BCUT2D eigenvalue weighted by Gasteiger charge is -1.93. The Morgan fingerprint density at radius 2 is 2.07 bits per heavy atom. The second kappa shape index (κ2) is 3.74. The zero-order valence-corrected chi connectivity index (χ0v) is 7.32. The topological polar surface area (TPSA) is 57.8 Å². The number of nitrogens with one attached hydrogen (secondary N) is 2. The van der Waals surface area contributed by atoms with Gasteiger partial charge in [0, 0.05) is 6.07 Å². The van der Waals surface area contributed by atoms with E-state index < -0.39 is 0 Å². The van der Waals surface area contributed by atoms with Crippen molar-refractivity contribution in [3.8, 4) is 11.3 Å². The van der Waals surface area contributed by atoms with Crippen molar-refractivity contribution < 1.29 is 4.79 Å². The number of nitrogens with zero attached hydrogens (tertiary/aromatic N) is 1. The molecule has 0 unspecified atom stereocenters. The van der Waals surface area contributed by atoms with E-state index in [1.54, 1.807) is 12.5 Å². The maximum absolute atomic E-state index is 10.0. The summed E-state index contributed by atoms with van der Waals surface area (Å²) >= 11 is 0. The van der Waals surface area contributed by atoms with Gasteiger partial charge >= 0.3 is 6.41 Å². The Kier molecular flexibility index (Phi) is 2.27. The van der Waals surface area contributed by atoms with Gasteiger partial charge in [0.1, 0.15) is 0 Å². The molecule has 1 heterocycles. The number of hydrogen-bond donors (Lipinski definition) is 2. The van der Waals surface area contributed by atoms with Gasteiger partial charge in [-0.15, -0.1) is 0 Å². The molecule has 2 aromatic rings. The molecule has 0 aliphatic heterocycles. The fourth-order valence-corrected chi connectivity index (χ4v) is 1.20. The van der Waals surface area contributed by atoms with Crippen molar-refractivity contribution in [2.45, 2.75) is 0 Å². The third kappa shape index (κ3) is 1.64. The van der Waals surface area contributed by atoms with Crippen molar-refractivity contribution >= 4 is 12.2 Å². The van der Waals surface area contributed by atoms with Crippen LogP contribution in [0.5, 0.6) is 0 Å². The van der Waals surface area contributed by atoms with E-state index in [1.807, 2.05) is 30.3 Å². The number of carbonyl (C=O) groups excluding carboxylic acids is 1. The first kappa shape index (κ1) is 8.50. The second-order valence-corrected chi connectivity index (χ2v) is 2.76. The Morgan fingerprint density at radius 3 is 2.79 bits per heavy atom. The van der Waals surface area contributed by atoms with Crippen molar-refractivity contribution in [1.82, 2.24) is 10.2 Å². The maximum atomic E-state index is 10.0. The molecular formula is C10H8N3O. The van der Waals surface area contributed by atoms with Gasteiger partial charge in [0.25, 0.3) is 0 Å². The zero-order valence-electron chi connectivity index (χ0n) is 7.32. The highest BCUT2D eigenvalue weighted by Gasteiger charge is 2.01. The molecular weight excluding hydrogens is 178 g/mol. The summed E-state index contributed by atoms with van der Waals surface area (Å²) in [5.41, 5.74) is 1.89. The maximum Gasteiger partial charge on any atom is 0.315 e. The number of rotatable bonds is 3. The molecule has 2 rings (SSSR count). The smallest absolute Gasteiger partial charge is 0.301 e. The van der Waals surface area contributed by atoms with Crippen molar-refractivity contribution in [3.05, 3.63) is 36.4 Å². The second-order valence-electron chi connectivity index (χ2n) is 2.76. The number of hydrogen-bond acceptors (Lipinski definition) is 2. The van der Waals surface area contributed by atoms with E-state index in [-0.39, 0.29) is 0 Å². The predicted octanol–water partition coefficient (Wildman–Crippen LogP) is 1.56. The largest absolute Gasteiger partial charge is 0.315 e. The molecule has 2 N–H and O–H groups in total. The number of aromatic nitrogens is 2. The summed E-state index contributed by atoms with van der Waals surface area (Å²) < 4.78 is 0. The van der Waals surface area contributed by atoms with Gasteiger partial charge in [-0.2, -0.15) is 5.10 Å². The molecule has 0 aliphatic carbocycles. The van der Waals surface area contributed by atoms with Crippen LogP contribution in [0.1, 0.15) is 0 Å². The molecule has 0 aliphatic rings. The SMILES string of the molecule is O=[C]Nc1cc(-c2ccccc2)[nH]n1. The summed E-state index contributed by atoms with van der Waals surface area (Å²) in [4.78, 5) is 10.0. The van der Waals surface area contributed by atoms with Crippen LogP contribution < -0.4 is 5.32 Å². The van der Waals surface area contributed by atoms with Crippen LogP contribution >= 0.6 is 0 Å². The van der Waals surface area contributed by atoms with E-state index in [2.05, 4.69) is 15.5 Å². The molecule has 4 nitrogen and oxygen atoms in total. The average molecular weight is 186 g/mol. The molecule has 1 radical (unpaired) electrons. The monoisotopic (exact) mass is 186 g/mol. The van der Waals surface area contributed by atoms with Gasteiger partial charge < -0.3 is 5.32 Å². The van der Waals surface area contributed by atoms with Crippen molar-refractivity contribution in [1.29, 1.82) is 0 Å². The summed E-state index contributed by atoms with van der Waals surface area (Å²) in [6.07, 6.45) is 1.57. The van der Waals surface area contributed by atoms with Crippen molar-refractivity contribution in [2.75, 3.05) is 5.32 Å². The van der Waals surface area contributed by atoms with Crippen LogP contribution in [0.4, 0.5) is 5.82 Å². The number of H-pyrrole nitrogens is 1. The summed E-state index contributed by atoms with van der Waals surface area (Å²) in [5.74, 6) is 0.471. The lowest BCUT2D eigenvalue weighted by molar-refractivity contribution is 0.561. The Balaban J connectivity index is 2.29. The minimum atomic E-state index is 0.471. The van der Waals surface area contributed by atoms with Gasteiger partial charge in [-0.05, 0) is 5.56 Å². The number of aromatic amines is 1. The molecule has 1 aromatic carbocycles. The lowest BCUT2D eigenvalue weighted by Crippen LogP contribution is -1.92. The van der Waals surface area contributed by atoms with E-state index in [9.17, 15) is 4.79 Å². The number of benzene rings is 1. The first-order chi connectivity index (χ1) is 6.90. The minimum absolute atomic E-state index is 0.471. The molecule has 0 atom stereocenters. The van der Waals surface area contributed by atoms with E-state index in [0.717, 1.165) is 11.3 Å². The summed E-state index contributed by atoms with van der Waals surface area (Å²) in [6.45, 7) is 0. The van der Waals surface area contributed by atoms with Crippen LogP contribution in [0.3, 0.4) is 0 Å². The highest BCUT2D eigenvalue weighted by molar-refractivity contribution is 5.72. The lowest BCUT2D eigenvalue weighted by atomic mass is 10.2. The van der Waals surface area contributed by atoms with Crippen LogP contribution in [-0.4, -0.2) is 16.6 Å². The van der Waals surface area contributed by atoms with Gasteiger partial charge in [0.2, 0.25) is 0 Å². The van der Waals surface area contributed by atoms with Gasteiger partial charge in [0.05, 0.1) is 5.69 Å². The fraction of sp³-hybridized carbons (Fsp3) is 0. The Hall–Kier alpha value is -2.10. The fourth-order valence-electron chi connectivity index (χ4n) is 1.20. The summed E-state index contributed by atoms with van der Waals surface area (Å²) in [6, 6.07) is 11.5. The third-order valence-corrected chi connectivity index (χ3v) is 1.84. The Bertz CT molecular complexity index is 422. The minimum Gasteiger partial charge on any atom is -0.301 e. The van der Waals surface area contributed by atoms with Crippen LogP contribution in [0.2, 0.25) is 0 Å². The normalized spacial score (nSPS) is 9.71. The van der Waals surface area contributed by atoms with Gasteiger partial charge in [0.15, 0.2) is 5.82 Å². The number of amides is 1. The first-order valence-corrected chi connectivity index (χ1v) is 4.14. The van der Waals surface area contributed by atoms with Crippen LogP contribution in [0, 0.1) is 0 Å². The van der Waals surface area contributed by atoms with Crippen LogP contribution in [0.15, 0.2) is 36.4 Å². The van der Waals surface area contributed by atoms with Gasteiger partial charge in [-0.25, -0.2) is 0 Å². The van der Waals surface area contributed by atoms with Crippen molar-refractivity contribution in [3.63, 3.8) is 0 Å². The molecule has 0 saturated heterocycles. The highest BCUT2D eigenvalue weighted by Crippen LogP contribution is 2.18. The first-order valence-electron chi connectivity index (χ1n) is 4.14. The standard InChI is InChI=1S/C10H8N3O/c14-7-11-10-6-9(12-13-10)8-4-2-1-3-5-8/h1-6H,(H2,11,12,13,14). The third-order valence-electron chi connectivity index (χ3n) is 1.84. The quantitative estimate of drug-likeness (QED) is 0.714. The van der Waals surface area contributed by atoms with E-state index >= 15 is 0 Å². The molecule has 69 valence electrons. The van der Waals surface area contributed by atoms with E-state index in [1.165, 1.54) is 0 Å². The molecule has 0 saturated carbocycles. The zero-order chi connectivity index (χ0) is 9.80. The molecule has 0 fully saturated rings. The molecule has 1 aromatic heterocycles. The Morgan fingerprint density at radius 1 is 1.29 bits per heavy atom. The van der Waals surface area contributed by atoms with Crippen LogP contribution in [-0.2, 0) is 4.79 Å².